The van der Waals surface area contributed by atoms with Crippen molar-refractivity contribution in [3.63, 3.8) is 0 Å². The summed E-state index contributed by atoms with van der Waals surface area (Å²) < 4.78 is 0. The van der Waals surface area contributed by atoms with Crippen LogP contribution in [0.3, 0.4) is 0 Å². The van der Waals surface area contributed by atoms with Crippen molar-refractivity contribution in [2.24, 2.45) is 0 Å². The van der Waals surface area contributed by atoms with E-state index < -0.39 is 5.38 Å². The van der Waals surface area contributed by atoms with Gasteiger partial charge in [0.05, 0.1) is 6.61 Å². The first kappa shape index (κ1) is 11.2. The van der Waals surface area contributed by atoms with Gasteiger partial charge in [-0.05, 0) is 30.5 Å². The Kier molecular flexibility index (Phi) is 3.67. The molecule has 1 aromatic rings. The highest BCUT2D eigenvalue weighted by Gasteiger charge is 2.15. The van der Waals surface area contributed by atoms with Crippen LogP contribution in [0.4, 0.5) is 0 Å². The summed E-state index contributed by atoms with van der Waals surface area (Å²) in [6.45, 7) is 3.36. The number of hydrogen-bond donors (Lipinski definition) is 1. The molecular weight excluding hydrogens is 200 g/mol. The normalized spacial score (nSPS) is 12.6. The topological polar surface area (TPSA) is 37.3 Å². The van der Waals surface area contributed by atoms with E-state index >= 15 is 0 Å². The monoisotopic (exact) mass is 212 g/mol. The second-order valence-corrected chi connectivity index (χ2v) is 3.76. The van der Waals surface area contributed by atoms with Crippen molar-refractivity contribution < 1.29 is 9.90 Å². The molecule has 0 bridgehead atoms. The number of ketones is 1. The molecule has 0 aliphatic heterocycles. The summed E-state index contributed by atoms with van der Waals surface area (Å²) in [4.78, 5) is 11.1. The van der Waals surface area contributed by atoms with Crippen LogP contribution in [-0.2, 0) is 11.4 Å². The van der Waals surface area contributed by atoms with Gasteiger partial charge < -0.3 is 5.11 Å². The molecule has 0 heterocycles. The lowest BCUT2D eigenvalue weighted by Crippen LogP contribution is -2.04. The highest BCUT2D eigenvalue weighted by molar-refractivity contribution is 6.30. The van der Waals surface area contributed by atoms with E-state index in [1.54, 1.807) is 12.1 Å². The molecule has 1 atom stereocenters. The Morgan fingerprint density at radius 3 is 2.64 bits per heavy atom. The van der Waals surface area contributed by atoms with Crippen molar-refractivity contribution in [3.05, 3.63) is 34.9 Å². The number of rotatable bonds is 3. The number of Topliss-reactive ketones (excluding diaryl/α,β-unsaturated/α-hetero) is 1. The van der Waals surface area contributed by atoms with E-state index in [-0.39, 0.29) is 12.4 Å². The van der Waals surface area contributed by atoms with Gasteiger partial charge in [0.25, 0.3) is 0 Å². The largest absolute Gasteiger partial charge is 0.392 e. The molecule has 0 saturated heterocycles. The summed E-state index contributed by atoms with van der Waals surface area (Å²) in [6, 6.07) is 5.41. The number of carbonyl (C=O) groups is 1. The molecule has 0 radical (unpaired) electrons. The Morgan fingerprint density at radius 1 is 1.57 bits per heavy atom. The average Bonchev–Trinajstić information content (AvgIpc) is 2.16. The first-order chi connectivity index (χ1) is 6.56. The molecule has 0 amide bonds. The zero-order chi connectivity index (χ0) is 10.7. The molecule has 2 nitrogen and oxygen atoms in total. The minimum atomic E-state index is -0.581. The van der Waals surface area contributed by atoms with Crippen LogP contribution in [0.1, 0.15) is 29.0 Å². The zero-order valence-electron chi connectivity index (χ0n) is 8.25. The predicted molar refractivity (Wildman–Crippen MR) is 56.4 cm³/mol. The van der Waals surface area contributed by atoms with E-state index in [0.29, 0.717) is 0 Å². The minimum Gasteiger partial charge on any atom is -0.392 e. The van der Waals surface area contributed by atoms with Gasteiger partial charge in [0.1, 0.15) is 5.38 Å². The van der Waals surface area contributed by atoms with Crippen molar-refractivity contribution in [2.45, 2.75) is 25.8 Å². The van der Waals surface area contributed by atoms with Gasteiger partial charge >= 0.3 is 0 Å². The standard InChI is InChI=1S/C11H13ClO2/c1-7-5-9(6-13)3-4-10(7)11(12)8(2)14/h3-5,11,13H,6H2,1-2H3. The fraction of sp³-hybridized carbons (Fsp3) is 0.364. The highest BCUT2D eigenvalue weighted by atomic mass is 35.5. The zero-order valence-corrected chi connectivity index (χ0v) is 9.01. The van der Waals surface area contributed by atoms with Crippen LogP contribution in [0.15, 0.2) is 18.2 Å². The summed E-state index contributed by atoms with van der Waals surface area (Å²) in [5.41, 5.74) is 2.58. The number of halogens is 1. The molecule has 0 fully saturated rings. The van der Waals surface area contributed by atoms with Gasteiger partial charge in [0, 0.05) is 0 Å². The van der Waals surface area contributed by atoms with Gasteiger partial charge in [0.15, 0.2) is 5.78 Å². The molecule has 0 aliphatic rings. The Bertz CT molecular complexity index is 347. The Morgan fingerprint density at radius 2 is 2.21 bits per heavy atom. The highest BCUT2D eigenvalue weighted by Crippen LogP contribution is 2.25. The van der Waals surface area contributed by atoms with Crippen LogP contribution < -0.4 is 0 Å². The van der Waals surface area contributed by atoms with Crippen molar-refractivity contribution in [1.82, 2.24) is 0 Å². The third-order valence-electron chi connectivity index (χ3n) is 2.15. The summed E-state index contributed by atoms with van der Waals surface area (Å²) in [5.74, 6) is -0.0634. The SMILES string of the molecule is CC(=O)C(Cl)c1ccc(CO)cc1C. The number of alkyl halides is 1. The van der Waals surface area contributed by atoms with Crippen molar-refractivity contribution in [2.75, 3.05) is 0 Å². The van der Waals surface area contributed by atoms with Crippen LogP contribution in [0.25, 0.3) is 0 Å². The fourth-order valence-corrected chi connectivity index (χ4v) is 1.58. The Labute approximate surface area is 88.5 Å². The van der Waals surface area contributed by atoms with E-state index in [9.17, 15) is 4.79 Å². The van der Waals surface area contributed by atoms with Crippen LogP contribution in [-0.4, -0.2) is 10.9 Å². The third-order valence-corrected chi connectivity index (χ3v) is 2.69. The maximum Gasteiger partial charge on any atom is 0.152 e. The number of hydrogen-bond acceptors (Lipinski definition) is 2. The second-order valence-electron chi connectivity index (χ2n) is 3.32. The van der Waals surface area contributed by atoms with Crippen molar-refractivity contribution in [1.29, 1.82) is 0 Å². The van der Waals surface area contributed by atoms with Gasteiger partial charge in [-0.2, -0.15) is 0 Å². The molecule has 1 aromatic carbocycles. The molecule has 1 rings (SSSR count). The van der Waals surface area contributed by atoms with Crippen LogP contribution >= 0.6 is 11.6 Å². The molecule has 0 aromatic heterocycles. The van der Waals surface area contributed by atoms with E-state index in [1.165, 1.54) is 6.92 Å². The van der Waals surface area contributed by atoms with Crippen LogP contribution in [0.2, 0.25) is 0 Å². The second kappa shape index (κ2) is 4.58. The van der Waals surface area contributed by atoms with Crippen molar-refractivity contribution in [3.8, 4) is 0 Å². The Balaban J connectivity index is 3.05. The summed E-state index contributed by atoms with van der Waals surface area (Å²) >= 11 is 5.93. The van der Waals surface area contributed by atoms with E-state index in [4.69, 9.17) is 16.7 Å². The first-order valence-corrected chi connectivity index (χ1v) is 4.84. The number of aryl methyl sites for hydroxylation is 1. The summed E-state index contributed by atoms with van der Waals surface area (Å²) in [7, 11) is 0. The number of carbonyl (C=O) groups excluding carboxylic acids is 1. The molecule has 0 spiro atoms. The molecule has 3 heteroatoms. The molecule has 0 aliphatic carbocycles. The van der Waals surface area contributed by atoms with E-state index in [0.717, 1.165) is 16.7 Å². The van der Waals surface area contributed by atoms with Gasteiger partial charge in [0.2, 0.25) is 0 Å². The number of aliphatic hydroxyl groups excluding tert-OH is 1. The van der Waals surface area contributed by atoms with Crippen LogP contribution in [0, 0.1) is 6.92 Å². The molecule has 76 valence electrons. The molecule has 1 unspecified atom stereocenters. The number of benzene rings is 1. The van der Waals surface area contributed by atoms with Gasteiger partial charge in [-0.3, -0.25) is 4.79 Å². The third kappa shape index (κ3) is 2.34. The average molecular weight is 213 g/mol. The smallest absolute Gasteiger partial charge is 0.152 e. The van der Waals surface area contributed by atoms with Gasteiger partial charge in [-0.1, -0.05) is 18.2 Å². The maximum atomic E-state index is 11.1. The van der Waals surface area contributed by atoms with Gasteiger partial charge in [-0.25, -0.2) is 0 Å². The lowest BCUT2D eigenvalue weighted by Gasteiger charge is -2.10. The fourth-order valence-electron chi connectivity index (χ4n) is 1.34. The van der Waals surface area contributed by atoms with Gasteiger partial charge in [-0.15, -0.1) is 11.6 Å². The van der Waals surface area contributed by atoms with E-state index in [2.05, 4.69) is 0 Å². The minimum absolute atomic E-state index is 0.00808. The molecular formula is C11H13ClO2. The Hall–Kier alpha value is -0.860. The van der Waals surface area contributed by atoms with Crippen molar-refractivity contribution >= 4 is 17.4 Å². The van der Waals surface area contributed by atoms with E-state index in [1.807, 2.05) is 13.0 Å². The first-order valence-electron chi connectivity index (χ1n) is 4.41. The predicted octanol–water partition coefficient (Wildman–Crippen LogP) is 2.36. The summed E-state index contributed by atoms with van der Waals surface area (Å²) in [6.07, 6.45) is 0. The molecule has 14 heavy (non-hydrogen) atoms. The molecule has 1 N–H and O–H groups in total. The number of aliphatic hydroxyl groups is 1. The maximum absolute atomic E-state index is 11.1. The lowest BCUT2D eigenvalue weighted by atomic mass is 10.0. The quantitative estimate of drug-likeness (QED) is 0.781. The summed E-state index contributed by atoms with van der Waals surface area (Å²) in [5, 5.41) is 8.32. The molecule has 0 saturated carbocycles. The van der Waals surface area contributed by atoms with Crippen LogP contribution in [0.5, 0.6) is 0 Å². The lowest BCUT2D eigenvalue weighted by molar-refractivity contribution is -0.116.